The van der Waals surface area contributed by atoms with Gasteiger partial charge in [-0.1, -0.05) is 53.0 Å². The monoisotopic (exact) mass is 278 g/mol. The van der Waals surface area contributed by atoms with Gasteiger partial charge in [-0.25, -0.2) is 0 Å². The van der Waals surface area contributed by atoms with Gasteiger partial charge in [0.05, 0.1) is 0 Å². The van der Waals surface area contributed by atoms with Crippen LogP contribution >= 0.6 is 23.2 Å². The largest absolute Gasteiger partial charge is 0.294 e. The lowest BCUT2D eigenvalue weighted by Crippen LogP contribution is -2.04. The second-order valence-electron chi connectivity index (χ2n) is 4.17. The molecular weight excluding hydrogens is 267 g/mol. The van der Waals surface area contributed by atoms with Crippen molar-refractivity contribution < 1.29 is 4.79 Å². The van der Waals surface area contributed by atoms with E-state index < -0.39 is 0 Å². The second-order valence-corrected chi connectivity index (χ2v) is 4.98. The lowest BCUT2D eigenvalue weighted by molar-refractivity contribution is 0.0993. The van der Waals surface area contributed by atoms with Crippen LogP contribution in [0.15, 0.2) is 42.5 Å². The summed E-state index contributed by atoms with van der Waals surface area (Å²) in [6.45, 7) is 1.96. The Kier molecular flexibility index (Phi) is 4.05. The zero-order chi connectivity index (χ0) is 13.1. The van der Waals surface area contributed by atoms with Crippen molar-refractivity contribution in [1.29, 1.82) is 0 Å². The predicted octanol–water partition coefficient (Wildman–Crippen LogP) is 4.73. The Bertz CT molecular complexity index is 571. The molecule has 0 saturated heterocycles. The average Bonchev–Trinajstić information content (AvgIpc) is 2.34. The lowest BCUT2D eigenvalue weighted by atomic mass is 10.0. The minimum absolute atomic E-state index is 0.0219. The molecule has 2 aromatic carbocycles. The standard InChI is InChI=1S/C15H12Cl2O/c1-10-4-2-5-11(8-10)15(18)9-12-13(16)6-3-7-14(12)17/h2-8H,9H2,1H3. The summed E-state index contributed by atoms with van der Waals surface area (Å²) in [4.78, 5) is 12.2. The molecule has 0 heterocycles. The van der Waals surface area contributed by atoms with Crippen LogP contribution in [0.1, 0.15) is 21.5 Å². The Morgan fingerprint density at radius 2 is 1.67 bits per heavy atom. The highest BCUT2D eigenvalue weighted by molar-refractivity contribution is 6.36. The molecule has 0 aromatic heterocycles. The van der Waals surface area contributed by atoms with Gasteiger partial charge in [0.15, 0.2) is 5.78 Å². The van der Waals surface area contributed by atoms with Crippen molar-refractivity contribution in [2.45, 2.75) is 13.3 Å². The first-order chi connectivity index (χ1) is 8.58. The number of Topliss-reactive ketones (excluding diaryl/α,β-unsaturated/α-hetero) is 1. The number of aryl methyl sites for hydroxylation is 1. The second kappa shape index (κ2) is 5.55. The van der Waals surface area contributed by atoms with Gasteiger partial charge in [-0.2, -0.15) is 0 Å². The van der Waals surface area contributed by atoms with E-state index in [9.17, 15) is 4.79 Å². The molecule has 0 radical (unpaired) electrons. The fourth-order valence-corrected chi connectivity index (χ4v) is 2.31. The fraction of sp³-hybridized carbons (Fsp3) is 0.133. The van der Waals surface area contributed by atoms with Crippen molar-refractivity contribution in [2.75, 3.05) is 0 Å². The number of carbonyl (C=O) groups is 1. The van der Waals surface area contributed by atoms with Gasteiger partial charge >= 0.3 is 0 Å². The van der Waals surface area contributed by atoms with Crippen molar-refractivity contribution in [3.63, 3.8) is 0 Å². The Labute approximate surface area is 116 Å². The maximum Gasteiger partial charge on any atom is 0.167 e. The van der Waals surface area contributed by atoms with Crippen molar-refractivity contribution in [2.24, 2.45) is 0 Å². The summed E-state index contributed by atoms with van der Waals surface area (Å²) in [5, 5.41) is 1.06. The third kappa shape index (κ3) is 2.92. The molecule has 0 amide bonds. The molecule has 0 N–H and O–H groups in total. The summed E-state index contributed by atoms with van der Waals surface area (Å²) in [6.07, 6.45) is 0.224. The highest BCUT2D eigenvalue weighted by Gasteiger charge is 2.12. The van der Waals surface area contributed by atoms with Crippen LogP contribution in [0.2, 0.25) is 10.0 Å². The van der Waals surface area contributed by atoms with E-state index in [-0.39, 0.29) is 12.2 Å². The molecule has 0 unspecified atom stereocenters. The van der Waals surface area contributed by atoms with Crippen LogP contribution in [0.25, 0.3) is 0 Å². The lowest BCUT2D eigenvalue weighted by Gasteiger charge is -2.06. The number of hydrogen-bond donors (Lipinski definition) is 0. The third-order valence-electron chi connectivity index (χ3n) is 2.74. The van der Waals surface area contributed by atoms with Crippen molar-refractivity contribution in [3.8, 4) is 0 Å². The van der Waals surface area contributed by atoms with E-state index >= 15 is 0 Å². The summed E-state index contributed by atoms with van der Waals surface area (Å²) >= 11 is 12.1. The van der Waals surface area contributed by atoms with E-state index in [1.807, 2.05) is 25.1 Å². The zero-order valence-corrected chi connectivity index (χ0v) is 11.4. The molecule has 0 fully saturated rings. The van der Waals surface area contributed by atoms with Gasteiger partial charge < -0.3 is 0 Å². The van der Waals surface area contributed by atoms with Crippen molar-refractivity contribution >= 4 is 29.0 Å². The van der Waals surface area contributed by atoms with Crippen LogP contribution in [0, 0.1) is 6.92 Å². The smallest absolute Gasteiger partial charge is 0.167 e. The van der Waals surface area contributed by atoms with Crippen LogP contribution in [0.5, 0.6) is 0 Å². The first-order valence-corrected chi connectivity index (χ1v) is 6.36. The molecule has 0 saturated carbocycles. The first-order valence-electron chi connectivity index (χ1n) is 5.60. The molecule has 0 atom stereocenters. The molecule has 0 aliphatic carbocycles. The molecule has 3 heteroatoms. The number of benzene rings is 2. The minimum atomic E-state index is 0.0219. The minimum Gasteiger partial charge on any atom is -0.294 e. The summed E-state index contributed by atoms with van der Waals surface area (Å²) in [6, 6.07) is 12.8. The summed E-state index contributed by atoms with van der Waals surface area (Å²) in [7, 11) is 0. The Morgan fingerprint density at radius 3 is 2.28 bits per heavy atom. The van der Waals surface area contributed by atoms with E-state index in [4.69, 9.17) is 23.2 Å². The molecule has 0 bridgehead atoms. The Hall–Kier alpha value is -1.31. The van der Waals surface area contributed by atoms with Gasteiger partial charge in [-0.15, -0.1) is 0 Å². The van der Waals surface area contributed by atoms with Crippen molar-refractivity contribution in [1.82, 2.24) is 0 Å². The van der Waals surface area contributed by atoms with E-state index in [0.717, 1.165) is 5.56 Å². The maximum absolute atomic E-state index is 12.2. The van der Waals surface area contributed by atoms with E-state index in [1.165, 1.54) is 0 Å². The fourth-order valence-electron chi connectivity index (χ4n) is 1.78. The molecule has 0 spiro atoms. The van der Waals surface area contributed by atoms with Crippen LogP contribution < -0.4 is 0 Å². The molecule has 92 valence electrons. The highest BCUT2D eigenvalue weighted by Crippen LogP contribution is 2.25. The van der Waals surface area contributed by atoms with Crippen LogP contribution in [-0.2, 0) is 6.42 Å². The number of ketones is 1. The van der Waals surface area contributed by atoms with E-state index in [2.05, 4.69) is 0 Å². The number of halogens is 2. The van der Waals surface area contributed by atoms with Gasteiger partial charge in [-0.05, 0) is 30.7 Å². The zero-order valence-electron chi connectivity index (χ0n) is 9.91. The summed E-state index contributed by atoms with van der Waals surface area (Å²) in [5.74, 6) is 0.0219. The quantitative estimate of drug-likeness (QED) is 0.742. The third-order valence-corrected chi connectivity index (χ3v) is 3.45. The molecule has 2 aromatic rings. The van der Waals surface area contributed by atoms with E-state index in [0.29, 0.717) is 21.2 Å². The molecule has 0 aliphatic rings. The van der Waals surface area contributed by atoms with Gasteiger partial charge in [0.1, 0.15) is 0 Å². The number of carbonyl (C=O) groups excluding carboxylic acids is 1. The average molecular weight is 279 g/mol. The molecule has 1 nitrogen and oxygen atoms in total. The van der Waals surface area contributed by atoms with E-state index in [1.54, 1.807) is 24.3 Å². The Balaban J connectivity index is 2.27. The van der Waals surface area contributed by atoms with Crippen LogP contribution in [0.3, 0.4) is 0 Å². The van der Waals surface area contributed by atoms with Gasteiger partial charge in [0.2, 0.25) is 0 Å². The van der Waals surface area contributed by atoms with Gasteiger partial charge in [0.25, 0.3) is 0 Å². The topological polar surface area (TPSA) is 17.1 Å². The highest BCUT2D eigenvalue weighted by atomic mass is 35.5. The summed E-state index contributed by atoms with van der Waals surface area (Å²) in [5.41, 5.74) is 2.43. The van der Waals surface area contributed by atoms with Gasteiger partial charge in [0, 0.05) is 22.0 Å². The van der Waals surface area contributed by atoms with Crippen LogP contribution in [0.4, 0.5) is 0 Å². The predicted molar refractivity (Wildman–Crippen MR) is 75.7 cm³/mol. The number of hydrogen-bond acceptors (Lipinski definition) is 1. The van der Waals surface area contributed by atoms with Crippen LogP contribution in [-0.4, -0.2) is 5.78 Å². The van der Waals surface area contributed by atoms with Crippen molar-refractivity contribution in [3.05, 3.63) is 69.2 Å². The Morgan fingerprint density at radius 1 is 1.06 bits per heavy atom. The normalized spacial score (nSPS) is 10.4. The van der Waals surface area contributed by atoms with Gasteiger partial charge in [-0.3, -0.25) is 4.79 Å². The number of rotatable bonds is 3. The molecule has 2 rings (SSSR count). The molecular formula is C15H12Cl2O. The maximum atomic E-state index is 12.2. The first kappa shape index (κ1) is 13.1. The molecule has 0 aliphatic heterocycles. The summed E-state index contributed by atoms with van der Waals surface area (Å²) < 4.78 is 0. The SMILES string of the molecule is Cc1cccc(C(=O)Cc2c(Cl)cccc2Cl)c1. The molecule has 18 heavy (non-hydrogen) atoms.